The average molecular weight is 279 g/mol. The van der Waals surface area contributed by atoms with Gasteiger partial charge in [0, 0.05) is 20.6 Å². The molecule has 0 heterocycles. The lowest BCUT2D eigenvalue weighted by molar-refractivity contribution is 0.602. The summed E-state index contributed by atoms with van der Waals surface area (Å²) in [6, 6.07) is 11.0. The van der Waals surface area contributed by atoms with Crippen molar-refractivity contribution in [3.05, 3.63) is 35.9 Å². The molecule has 1 aromatic carbocycles. The quantitative estimate of drug-likeness (QED) is 0.352. The molecule has 0 amide bonds. The molecule has 0 aromatic heterocycles. The van der Waals surface area contributed by atoms with Crippen molar-refractivity contribution in [3.63, 3.8) is 0 Å². The maximum Gasteiger partial charge on any atom is 0.0837 e. The van der Waals surface area contributed by atoms with Crippen LogP contribution in [0.1, 0.15) is 57.4 Å². The van der Waals surface area contributed by atoms with Crippen LogP contribution in [-0.2, 0) is 6.16 Å². The summed E-state index contributed by atoms with van der Waals surface area (Å²) in [6.45, 7) is 7.34. The minimum atomic E-state index is -0.726. The molecule has 0 aliphatic rings. The van der Waals surface area contributed by atoms with Crippen LogP contribution in [0, 0.1) is 0 Å². The third kappa shape index (κ3) is 8.43. The SMILES string of the molecule is CCCCCCCCC[P+](C)(C)Cc1ccccc1. The maximum atomic E-state index is 2.52. The molecule has 0 saturated heterocycles. The van der Waals surface area contributed by atoms with E-state index in [9.17, 15) is 0 Å². The molecule has 0 unspecified atom stereocenters. The summed E-state index contributed by atoms with van der Waals surface area (Å²) in [4.78, 5) is 0. The van der Waals surface area contributed by atoms with Crippen LogP contribution in [-0.4, -0.2) is 19.5 Å². The molecule has 0 saturated carbocycles. The van der Waals surface area contributed by atoms with Gasteiger partial charge in [-0.2, -0.15) is 0 Å². The summed E-state index contributed by atoms with van der Waals surface area (Å²) in [5.74, 6) is 0. The highest BCUT2D eigenvalue weighted by atomic mass is 31.2. The largest absolute Gasteiger partial charge is 0.0837 e. The fourth-order valence-electron chi connectivity index (χ4n) is 2.65. The van der Waals surface area contributed by atoms with E-state index in [2.05, 4.69) is 50.6 Å². The smallest absolute Gasteiger partial charge is 0.0654 e. The predicted molar refractivity (Wildman–Crippen MR) is 91.8 cm³/mol. The van der Waals surface area contributed by atoms with Crippen LogP contribution in [0.15, 0.2) is 30.3 Å². The first-order valence-corrected chi connectivity index (χ1v) is 11.1. The zero-order chi connectivity index (χ0) is 14.0. The van der Waals surface area contributed by atoms with Gasteiger partial charge in [0.15, 0.2) is 0 Å². The highest BCUT2D eigenvalue weighted by molar-refractivity contribution is 7.73. The fraction of sp³-hybridized carbons (Fsp3) is 0.667. The van der Waals surface area contributed by atoms with E-state index in [1.54, 1.807) is 0 Å². The van der Waals surface area contributed by atoms with Gasteiger partial charge < -0.3 is 0 Å². The zero-order valence-corrected chi connectivity index (χ0v) is 14.1. The minimum Gasteiger partial charge on any atom is -0.0654 e. The Kier molecular flexibility index (Phi) is 8.38. The molecule has 0 N–H and O–H groups in total. The average Bonchev–Trinajstić information content (AvgIpc) is 2.38. The van der Waals surface area contributed by atoms with E-state index in [0.29, 0.717) is 0 Å². The van der Waals surface area contributed by atoms with Gasteiger partial charge in [0.1, 0.15) is 0 Å². The number of hydrogen-bond acceptors (Lipinski definition) is 0. The molecule has 108 valence electrons. The summed E-state index contributed by atoms with van der Waals surface area (Å²) in [6.07, 6.45) is 12.8. The van der Waals surface area contributed by atoms with Gasteiger partial charge in [-0.3, -0.25) is 0 Å². The molecule has 0 radical (unpaired) electrons. The molecule has 19 heavy (non-hydrogen) atoms. The van der Waals surface area contributed by atoms with Crippen LogP contribution in [0.25, 0.3) is 0 Å². The molecule has 1 rings (SSSR count). The molecule has 0 bridgehead atoms. The summed E-state index contributed by atoms with van der Waals surface area (Å²) in [7, 11) is -0.726. The lowest BCUT2D eigenvalue weighted by atomic mass is 10.1. The Morgan fingerprint density at radius 2 is 1.37 bits per heavy atom. The van der Waals surface area contributed by atoms with Crippen molar-refractivity contribution < 1.29 is 0 Å². The summed E-state index contributed by atoms with van der Waals surface area (Å²) in [5, 5.41) is 0. The van der Waals surface area contributed by atoms with E-state index in [1.165, 1.54) is 62.8 Å². The second-order valence-electron chi connectivity index (χ2n) is 6.42. The van der Waals surface area contributed by atoms with E-state index in [4.69, 9.17) is 0 Å². The highest BCUT2D eigenvalue weighted by Gasteiger charge is 2.24. The van der Waals surface area contributed by atoms with E-state index >= 15 is 0 Å². The summed E-state index contributed by atoms with van der Waals surface area (Å²) >= 11 is 0. The summed E-state index contributed by atoms with van der Waals surface area (Å²) in [5.41, 5.74) is 1.53. The minimum absolute atomic E-state index is 0.726. The van der Waals surface area contributed by atoms with Gasteiger partial charge >= 0.3 is 0 Å². The monoisotopic (exact) mass is 279 g/mol. The van der Waals surface area contributed by atoms with Crippen molar-refractivity contribution in [2.45, 2.75) is 58.0 Å². The van der Waals surface area contributed by atoms with Crippen molar-refractivity contribution >= 4 is 7.26 Å². The second kappa shape index (κ2) is 9.54. The Morgan fingerprint density at radius 3 is 2.00 bits per heavy atom. The number of benzene rings is 1. The van der Waals surface area contributed by atoms with Gasteiger partial charge in [-0.25, -0.2) is 0 Å². The standard InChI is InChI=1S/C18H32P/c1-4-5-6-7-8-9-13-16-19(2,3)17-18-14-11-10-12-15-18/h10-12,14-15H,4-9,13,16-17H2,1-3H3/q+1. The normalized spacial score (nSPS) is 11.7. The van der Waals surface area contributed by atoms with Gasteiger partial charge in [0.25, 0.3) is 0 Å². The molecule has 0 spiro atoms. The van der Waals surface area contributed by atoms with Gasteiger partial charge in [0.2, 0.25) is 0 Å². The first-order chi connectivity index (χ1) is 9.14. The third-order valence-electron chi connectivity index (χ3n) is 3.82. The lowest BCUT2D eigenvalue weighted by Crippen LogP contribution is -1.99. The lowest BCUT2D eigenvalue weighted by Gasteiger charge is -2.18. The van der Waals surface area contributed by atoms with Crippen LogP contribution < -0.4 is 0 Å². The maximum absolute atomic E-state index is 2.52. The van der Waals surface area contributed by atoms with Crippen LogP contribution >= 0.6 is 7.26 Å². The van der Waals surface area contributed by atoms with E-state index in [-0.39, 0.29) is 0 Å². The molecule has 1 aromatic rings. The molecular weight excluding hydrogens is 247 g/mol. The second-order valence-corrected chi connectivity index (χ2v) is 11.1. The first kappa shape index (κ1) is 16.7. The van der Waals surface area contributed by atoms with Crippen LogP contribution in [0.3, 0.4) is 0 Å². The Morgan fingerprint density at radius 1 is 0.789 bits per heavy atom. The fourth-order valence-corrected chi connectivity index (χ4v) is 5.09. The van der Waals surface area contributed by atoms with E-state index in [0.717, 1.165) is 0 Å². The Labute approximate surface area is 121 Å². The Balaban J connectivity index is 2.13. The summed E-state index contributed by atoms with van der Waals surface area (Å²) < 4.78 is 0. The van der Waals surface area contributed by atoms with Crippen molar-refractivity contribution in [3.8, 4) is 0 Å². The number of unbranched alkanes of at least 4 members (excludes halogenated alkanes) is 6. The number of hydrogen-bond donors (Lipinski definition) is 0. The molecule has 1 heteroatoms. The van der Waals surface area contributed by atoms with E-state index in [1.807, 2.05) is 0 Å². The van der Waals surface area contributed by atoms with Gasteiger partial charge in [0.05, 0.1) is 12.3 Å². The predicted octanol–water partition coefficient (Wildman–Crippen LogP) is 6.21. The van der Waals surface area contributed by atoms with Gasteiger partial charge in [-0.15, -0.1) is 0 Å². The van der Waals surface area contributed by atoms with Crippen molar-refractivity contribution in [1.82, 2.24) is 0 Å². The van der Waals surface area contributed by atoms with Crippen molar-refractivity contribution in [2.24, 2.45) is 0 Å². The molecule has 0 fully saturated rings. The Hall–Kier alpha value is -0.350. The van der Waals surface area contributed by atoms with Crippen LogP contribution in [0.5, 0.6) is 0 Å². The van der Waals surface area contributed by atoms with Crippen molar-refractivity contribution in [2.75, 3.05) is 19.5 Å². The number of rotatable bonds is 10. The van der Waals surface area contributed by atoms with Crippen LogP contribution in [0.4, 0.5) is 0 Å². The van der Waals surface area contributed by atoms with Gasteiger partial charge in [-0.05, 0) is 18.4 Å². The van der Waals surface area contributed by atoms with Gasteiger partial charge in [-0.1, -0.05) is 69.4 Å². The third-order valence-corrected chi connectivity index (χ3v) is 6.57. The first-order valence-electron chi connectivity index (χ1n) is 8.00. The van der Waals surface area contributed by atoms with E-state index < -0.39 is 7.26 Å². The highest BCUT2D eigenvalue weighted by Crippen LogP contribution is 2.54. The molecular formula is C18H32P+. The molecule has 0 aliphatic heterocycles. The molecule has 0 aliphatic carbocycles. The molecule has 0 atom stereocenters. The zero-order valence-electron chi connectivity index (χ0n) is 13.2. The van der Waals surface area contributed by atoms with Crippen LogP contribution in [0.2, 0.25) is 0 Å². The topological polar surface area (TPSA) is 0 Å². The molecule has 0 nitrogen and oxygen atoms in total. The Bertz CT molecular complexity index is 316. The van der Waals surface area contributed by atoms with Crippen molar-refractivity contribution in [1.29, 1.82) is 0 Å².